The van der Waals surface area contributed by atoms with Crippen LogP contribution in [0.5, 0.6) is 0 Å². The van der Waals surface area contributed by atoms with Gasteiger partial charge < -0.3 is 10.6 Å². The molecule has 1 heterocycles. The number of hydrogen-bond acceptors (Lipinski definition) is 3. The van der Waals surface area contributed by atoms with Crippen LogP contribution in [0.2, 0.25) is 0 Å². The van der Waals surface area contributed by atoms with Gasteiger partial charge in [0.1, 0.15) is 11.6 Å². The smallest absolute Gasteiger partial charge is 0.235 e. The number of anilines is 1. The number of carbonyl (C=O) groups excluding carboxylic acids is 1. The SMILES string of the molecule is Nc1cc(F)cc(S(=O)CC(=O)N2CCCC2)c1. The van der Waals surface area contributed by atoms with Crippen molar-refractivity contribution in [3.05, 3.63) is 24.0 Å². The molecule has 1 aliphatic rings. The van der Waals surface area contributed by atoms with Crippen molar-refractivity contribution >= 4 is 22.4 Å². The van der Waals surface area contributed by atoms with Crippen molar-refractivity contribution in [2.75, 3.05) is 24.6 Å². The molecule has 6 heteroatoms. The van der Waals surface area contributed by atoms with Crippen LogP contribution < -0.4 is 5.73 Å². The maximum atomic E-state index is 13.1. The fraction of sp³-hybridized carbons (Fsp3) is 0.417. The fourth-order valence-electron chi connectivity index (χ4n) is 1.97. The van der Waals surface area contributed by atoms with Gasteiger partial charge in [0.15, 0.2) is 0 Å². The third kappa shape index (κ3) is 3.07. The summed E-state index contributed by atoms with van der Waals surface area (Å²) in [7, 11) is -1.54. The van der Waals surface area contributed by atoms with E-state index in [0.717, 1.165) is 38.1 Å². The van der Waals surface area contributed by atoms with E-state index in [1.807, 2.05) is 0 Å². The van der Waals surface area contributed by atoms with Crippen molar-refractivity contribution in [1.82, 2.24) is 4.90 Å². The Kier molecular flexibility index (Phi) is 3.96. The summed E-state index contributed by atoms with van der Waals surface area (Å²) in [6.07, 6.45) is 1.98. The Balaban J connectivity index is 2.04. The van der Waals surface area contributed by atoms with Crippen LogP contribution in [0.25, 0.3) is 0 Å². The number of nitrogens with two attached hydrogens (primary N) is 1. The quantitative estimate of drug-likeness (QED) is 0.838. The average Bonchev–Trinajstić information content (AvgIpc) is 2.80. The van der Waals surface area contributed by atoms with E-state index in [2.05, 4.69) is 0 Å². The lowest BCUT2D eigenvalue weighted by Crippen LogP contribution is -2.31. The highest BCUT2D eigenvalue weighted by Gasteiger charge is 2.20. The molecule has 0 spiro atoms. The van der Waals surface area contributed by atoms with Gasteiger partial charge in [-0.05, 0) is 31.0 Å². The van der Waals surface area contributed by atoms with E-state index in [1.54, 1.807) is 4.90 Å². The number of benzene rings is 1. The first-order valence-electron chi connectivity index (χ1n) is 5.78. The van der Waals surface area contributed by atoms with Crippen molar-refractivity contribution in [3.63, 3.8) is 0 Å². The summed E-state index contributed by atoms with van der Waals surface area (Å²) >= 11 is 0. The second-order valence-corrected chi connectivity index (χ2v) is 5.75. The molecule has 1 aromatic carbocycles. The van der Waals surface area contributed by atoms with Crippen molar-refractivity contribution in [3.8, 4) is 0 Å². The van der Waals surface area contributed by atoms with E-state index < -0.39 is 16.6 Å². The van der Waals surface area contributed by atoms with Gasteiger partial charge in [-0.25, -0.2) is 4.39 Å². The highest BCUT2D eigenvalue weighted by Crippen LogP contribution is 2.16. The van der Waals surface area contributed by atoms with Crippen molar-refractivity contribution in [2.24, 2.45) is 0 Å². The van der Waals surface area contributed by atoms with Crippen LogP contribution in [0.1, 0.15) is 12.8 Å². The van der Waals surface area contributed by atoms with Crippen LogP contribution >= 0.6 is 0 Å². The second kappa shape index (κ2) is 5.48. The maximum Gasteiger partial charge on any atom is 0.235 e. The van der Waals surface area contributed by atoms with E-state index in [-0.39, 0.29) is 22.2 Å². The van der Waals surface area contributed by atoms with Gasteiger partial charge in [0, 0.05) is 23.7 Å². The highest BCUT2D eigenvalue weighted by molar-refractivity contribution is 7.85. The number of nitrogens with zero attached hydrogens (tertiary/aromatic N) is 1. The molecule has 0 aliphatic carbocycles. The number of halogens is 1. The minimum Gasteiger partial charge on any atom is -0.399 e. The van der Waals surface area contributed by atoms with Crippen LogP contribution in [0, 0.1) is 5.82 Å². The van der Waals surface area contributed by atoms with Gasteiger partial charge in [-0.2, -0.15) is 0 Å². The van der Waals surface area contributed by atoms with Gasteiger partial charge in [-0.15, -0.1) is 0 Å². The van der Waals surface area contributed by atoms with Crippen molar-refractivity contribution in [2.45, 2.75) is 17.7 Å². The van der Waals surface area contributed by atoms with E-state index in [0.29, 0.717) is 0 Å². The molecule has 18 heavy (non-hydrogen) atoms. The summed E-state index contributed by atoms with van der Waals surface area (Å²) in [6, 6.07) is 3.75. The predicted molar refractivity (Wildman–Crippen MR) is 67.9 cm³/mol. The molecular weight excluding hydrogens is 255 g/mol. The van der Waals surface area contributed by atoms with Crippen LogP contribution in [-0.4, -0.2) is 33.9 Å². The van der Waals surface area contributed by atoms with Gasteiger partial charge in [0.2, 0.25) is 5.91 Å². The summed E-state index contributed by atoms with van der Waals surface area (Å²) in [5.74, 6) is -0.788. The number of hydrogen-bond donors (Lipinski definition) is 1. The van der Waals surface area contributed by atoms with Crippen LogP contribution in [0.3, 0.4) is 0 Å². The van der Waals surface area contributed by atoms with Gasteiger partial charge in [0.05, 0.1) is 10.8 Å². The topological polar surface area (TPSA) is 63.4 Å². The first-order valence-corrected chi connectivity index (χ1v) is 7.10. The number of rotatable bonds is 3. The van der Waals surface area contributed by atoms with Gasteiger partial charge >= 0.3 is 0 Å². The van der Waals surface area contributed by atoms with E-state index >= 15 is 0 Å². The molecule has 1 atom stereocenters. The molecule has 0 saturated carbocycles. The number of nitrogen functional groups attached to an aromatic ring is 1. The van der Waals surface area contributed by atoms with Crippen molar-refractivity contribution in [1.29, 1.82) is 0 Å². The Labute approximate surface area is 107 Å². The van der Waals surface area contributed by atoms with Crippen molar-refractivity contribution < 1.29 is 13.4 Å². The molecule has 1 aliphatic heterocycles. The van der Waals surface area contributed by atoms with Crippen LogP contribution in [0.4, 0.5) is 10.1 Å². The lowest BCUT2D eigenvalue weighted by Gasteiger charge is -2.14. The summed E-state index contributed by atoms with van der Waals surface area (Å²) in [5.41, 5.74) is 5.70. The fourth-order valence-corrected chi connectivity index (χ4v) is 3.05. The molecule has 4 nitrogen and oxygen atoms in total. The molecular formula is C12H15FN2O2S. The summed E-state index contributed by atoms with van der Waals surface area (Å²) in [6.45, 7) is 1.45. The van der Waals surface area contributed by atoms with Gasteiger partial charge in [0.25, 0.3) is 0 Å². The third-order valence-electron chi connectivity index (χ3n) is 2.87. The lowest BCUT2D eigenvalue weighted by molar-refractivity contribution is -0.127. The van der Waals surface area contributed by atoms with Gasteiger partial charge in [-0.3, -0.25) is 9.00 Å². The Morgan fingerprint density at radius 1 is 1.33 bits per heavy atom. The Morgan fingerprint density at radius 2 is 2.00 bits per heavy atom. The monoisotopic (exact) mass is 270 g/mol. The second-order valence-electron chi connectivity index (χ2n) is 4.30. The van der Waals surface area contributed by atoms with E-state index in [4.69, 9.17) is 5.73 Å². The maximum absolute atomic E-state index is 13.1. The molecule has 1 amide bonds. The molecule has 0 bridgehead atoms. The number of likely N-dealkylation sites (tertiary alicyclic amines) is 1. The standard InChI is InChI=1S/C12H15FN2O2S/c13-9-5-10(14)7-11(6-9)18(17)8-12(16)15-3-1-2-4-15/h5-7H,1-4,8,14H2. The molecule has 1 saturated heterocycles. The minimum absolute atomic E-state index is 0.108. The molecule has 2 N–H and O–H groups in total. The average molecular weight is 270 g/mol. The summed E-state index contributed by atoms with van der Waals surface area (Å²) in [5, 5.41) is 0. The van der Waals surface area contributed by atoms with E-state index in [9.17, 15) is 13.4 Å². The lowest BCUT2D eigenvalue weighted by atomic mass is 10.3. The molecule has 98 valence electrons. The molecule has 0 aromatic heterocycles. The Bertz CT molecular complexity index is 467. The largest absolute Gasteiger partial charge is 0.399 e. The normalized spacial score (nSPS) is 16.8. The molecule has 2 rings (SSSR count). The summed E-state index contributed by atoms with van der Waals surface area (Å²) < 4.78 is 25.1. The Morgan fingerprint density at radius 3 is 2.61 bits per heavy atom. The predicted octanol–water partition coefficient (Wildman–Crippen LogP) is 1.14. The van der Waals surface area contributed by atoms with Crippen LogP contribution in [0.15, 0.2) is 23.1 Å². The first kappa shape index (κ1) is 13.0. The molecule has 1 fully saturated rings. The Hall–Kier alpha value is -1.43. The zero-order valence-electron chi connectivity index (χ0n) is 9.89. The first-order chi connectivity index (χ1) is 8.56. The number of carbonyl (C=O) groups is 1. The summed E-state index contributed by atoms with van der Waals surface area (Å²) in [4.78, 5) is 13.8. The van der Waals surface area contributed by atoms with Gasteiger partial charge in [-0.1, -0.05) is 0 Å². The zero-order chi connectivity index (χ0) is 13.1. The minimum atomic E-state index is -1.54. The molecule has 1 unspecified atom stereocenters. The van der Waals surface area contributed by atoms with E-state index in [1.165, 1.54) is 6.07 Å². The number of amides is 1. The molecule has 1 aromatic rings. The zero-order valence-corrected chi connectivity index (χ0v) is 10.7. The van der Waals surface area contributed by atoms with Crippen LogP contribution in [-0.2, 0) is 15.6 Å². The third-order valence-corrected chi connectivity index (χ3v) is 4.14. The highest BCUT2D eigenvalue weighted by atomic mass is 32.2. The molecule has 0 radical (unpaired) electrons.